The molecule has 0 aromatic carbocycles. The number of hydrogen-bond acceptors (Lipinski definition) is 1. The molecule has 0 aliphatic heterocycles. The standard InChI is InChI=1S/C7H8Cl2N.C6H5Cl2N/c1-5-6(8)3-10(2)4-7(5)9;1-4-5(7)2-9-3-6(4)8/h3-4H,1-2H3;2-3H,1H3/q+1;. The zero-order chi connectivity index (χ0) is 14.6. The topological polar surface area (TPSA) is 16.8 Å². The first-order valence-corrected chi connectivity index (χ1v) is 6.90. The van der Waals surface area contributed by atoms with Gasteiger partial charge in [-0.3, -0.25) is 4.98 Å². The second-order valence-corrected chi connectivity index (χ2v) is 5.60. The number of pyridine rings is 2. The van der Waals surface area contributed by atoms with Crippen LogP contribution in [0.2, 0.25) is 20.1 Å². The highest BCUT2D eigenvalue weighted by atomic mass is 35.5. The lowest BCUT2D eigenvalue weighted by molar-refractivity contribution is -0.671. The molecule has 0 radical (unpaired) electrons. The summed E-state index contributed by atoms with van der Waals surface area (Å²) in [7, 11) is 1.89. The number of nitrogens with zero attached hydrogens (tertiary/aromatic N) is 2. The number of rotatable bonds is 0. The highest BCUT2D eigenvalue weighted by Crippen LogP contribution is 2.20. The summed E-state index contributed by atoms with van der Waals surface area (Å²) < 4.78 is 1.83. The van der Waals surface area contributed by atoms with Gasteiger partial charge in [0.15, 0.2) is 12.4 Å². The third-order valence-electron chi connectivity index (χ3n) is 2.44. The molecule has 19 heavy (non-hydrogen) atoms. The van der Waals surface area contributed by atoms with Crippen LogP contribution in [0, 0.1) is 13.8 Å². The molecule has 0 fully saturated rings. The predicted molar refractivity (Wildman–Crippen MR) is 81.4 cm³/mol. The maximum absolute atomic E-state index is 5.81. The molecule has 0 saturated heterocycles. The van der Waals surface area contributed by atoms with Gasteiger partial charge in [0.25, 0.3) is 0 Å². The molecule has 0 unspecified atom stereocenters. The largest absolute Gasteiger partial charge is 0.262 e. The van der Waals surface area contributed by atoms with Gasteiger partial charge in [-0.2, -0.15) is 0 Å². The molecule has 0 atom stereocenters. The van der Waals surface area contributed by atoms with Gasteiger partial charge in [-0.25, -0.2) is 4.57 Å². The van der Waals surface area contributed by atoms with Crippen molar-refractivity contribution in [1.82, 2.24) is 4.98 Å². The van der Waals surface area contributed by atoms with Gasteiger partial charge in [0.1, 0.15) is 17.1 Å². The van der Waals surface area contributed by atoms with Crippen molar-refractivity contribution in [2.45, 2.75) is 13.8 Å². The quantitative estimate of drug-likeness (QED) is 0.629. The lowest BCUT2D eigenvalue weighted by atomic mass is 10.3. The van der Waals surface area contributed by atoms with Gasteiger partial charge in [-0.15, -0.1) is 0 Å². The third-order valence-corrected chi connectivity index (χ3v) is 3.97. The predicted octanol–water partition coefficient (Wildman–Crippen LogP) is 4.82. The molecule has 102 valence electrons. The van der Waals surface area contributed by atoms with E-state index < -0.39 is 0 Å². The molecular formula is C13H13Cl4N2+. The van der Waals surface area contributed by atoms with Crippen LogP contribution in [-0.4, -0.2) is 4.98 Å². The first-order chi connectivity index (χ1) is 8.82. The van der Waals surface area contributed by atoms with Crippen LogP contribution in [-0.2, 0) is 7.05 Å². The van der Waals surface area contributed by atoms with Gasteiger partial charge in [0, 0.05) is 12.4 Å². The van der Waals surface area contributed by atoms with Gasteiger partial charge in [0.2, 0.25) is 0 Å². The summed E-state index contributed by atoms with van der Waals surface area (Å²) >= 11 is 23.0. The van der Waals surface area contributed by atoms with Crippen molar-refractivity contribution in [3.63, 3.8) is 0 Å². The van der Waals surface area contributed by atoms with Crippen molar-refractivity contribution in [3.05, 3.63) is 56.0 Å². The zero-order valence-corrected chi connectivity index (χ0v) is 13.7. The fraction of sp³-hybridized carbons (Fsp3) is 0.231. The van der Waals surface area contributed by atoms with Crippen LogP contribution in [0.5, 0.6) is 0 Å². The molecule has 6 heteroatoms. The highest BCUT2D eigenvalue weighted by molar-refractivity contribution is 6.36. The fourth-order valence-corrected chi connectivity index (χ4v) is 2.10. The van der Waals surface area contributed by atoms with E-state index in [4.69, 9.17) is 46.4 Å². The summed E-state index contributed by atoms with van der Waals surface area (Å²) in [4.78, 5) is 3.78. The molecule has 2 nitrogen and oxygen atoms in total. The van der Waals surface area contributed by atoms with Crippen molar-refractivity contribution in [1.29, 1.82) is 0 Å². The minimum Gasteiger partial charge on any atom is -0.262 e. The Bertz CT molecular complexity index is 542. The van der Waals surface area contributed by atoms with E-state index in [9.17, 15) is 0 Å². The van der Waals surface area contributed by atoms with E-state index in [0.29, 0.717) is 20.1 Å². The Hall–Kier alpha value is -0.540. The first kappa shape index (κ1) is 16.5. The molecule has 0 amide bonds. The van der Waals surface area contributed by atoms with E-state index in [1.54, 1.807) is 12.4 Å². The highest BCUT2D eigenvalue weighted by Gasteiger charge is 2.05. The van der Waals surface area contributed by atoms with Crippen LogP contribution < -0.4 is 4.57 Å². The fourth-order valence-electron chi connectivity index (χ4n) is 1.18. The average Bonchev–Trinajstić information content (AvgIpc) is 2.33. The average molecular weight is 339 g/mol. The lowest BCUT2D eigenvalue weighted by Gasteiger charge is -1.96. The maximum Gasteiger partial charge on any atom is 0.187 e. The van der Waals surface area contributed by atoms with Crippen LogP contribution in [0.15, 0.2) is 24.8 Å². The molecular weight excluding hydrogens is 326 g/mol. The van der Waals surface area contributed by atoms with Gasteiger partial charge < -0.3 is 0 Å². The normalized spacial score (nSPS) is 9.84. The van der Waals surface area contributed by atoms with Gasteiger partial charge in [-0.05, 0) is 25.0 Å². The summed E-state index contributed by atoms with van der Waals surface area (Å²) in [6, 6.07) is 0. The zero-order valence-electron chi connectivity index (χ0n) is 10.7. The molecule has 0 aliphatic rings. The maximum atomic E-state index is 5.81. The molecule has 2 rings (SSSR count). The van der Waals surface area contributed by atoms with Gasteiger partial charge in [0.05, 0.1) is 10.0 Å². The Morgan fingerprint density at radius 3 is 1.53 bits per heavy atom. The van der Waals surface area contributed by atoms with Gasteiger partial charge in [-0.1, -0.05) is 46.4 Å². The Kier molecular flexibility index (Phi) is 6.34. The smallest absolute Gasteiger partial charge is 0.187 e. The van der Waals surface area contributed by atoms with Crippen molar-refractivity contribution in [2.24, 2.45) is 7.05 Å². The molecule has 2 aromatic heterocycles. The van der Waals surface area contributed by atoms with Crippen LogP contribution in [0.4, 0.5) is 0 Å². The second kappa shape index (κ2) is 7.30. The Morgan fingerprint density at radius 1 is 0.789 bits per heavy atom. The van der Waals surface area contributed by atoms with Crippen molar-refractivity contribution in [3.8, 4) is 0 Å². The molecule has 0 N–H and O–H groups in total. The summed E-state index contributed by atoms with van der Waals surface area (Å²) in [6.45, 7) is 3.75. The van der Waals surface area contributed by atoms with E-state index in [2.05, 4.69) is 4.98 Å². The van der Waals surface area contributed by atoms with E-state index in [0.717, 1.165) is 11.1 Å². The van der Waals surface area contributed by atoms with Crippen LogP contribution in [0.3, 0.4) is 0 Å². The molecule has 0 saturated carbocycles. The minimum absolute atomic E-state index is 0.613. The Labute approximate surface area is 132 Å². The molecule has 0 spiro atoms. The van der Waals surface area contributed by atoms with Crippen molar-refractivity contribution in [2.75, 3.05) is 0 Å². The Balaban J connectivity index is 0.000000191. The second-order valence-electron chi connectivity index (χ2n) is 3.97. The van der Waals surface area contributed by atoms with E-state index >= 15 is 0 Å². The van der Waals surface area contributed by atoms with Crippen LogP contribution in [0.1, 0.15) is 11.1 Å². The molecule has 0 aliphatic carbocycles. The molecule has 0 bridgehead atoms. The summed E-state index contributed by atoms with van der Waals surface area (Å²) in [5.41, 5.74) is 1.81. The van der Waals surface area contributed by atoms with Crippen molar-refractivity contribution < 1.29 is 4.57 Å². The third kappa shape index (κ3) is 4.81. The summed E-state index contributed by atoms with van der Waals surface area (Å²) in [6.07, 6.45) is 6.79. The number of hydrogen-bond donors (Lipinski definition) is 0. The van der Waals surface area contributed by atoms with Gasteiger partial charge >= 0.3 is 0 Å². The van der Waals surface area contributed by atoms with Crippen LogP contribution in [0.25, 0.3) is 0 Å². The number of aromatic nitrogens is 2. The summed E-state index contributed by atoms with van der Waals surface area (Å²) in [5, 5.41) is 2.63. The summed E-state index contributed by atoms with van der Waals surface area (Å²) in [5.74, 6) is 0. The Morgan fingerprint density at radius 2 is 1.16 bits per heavy atom. The minimum atomic E-state index is 0.613. The lowest BCUT2D eigenvalue weighted by Crippen LogP contribution is -2.26. The molecule has 2 aromatic rings. The van der Waals surface area contributed by atoms with Crippen LogP contribution >= 0.6 is 46.4 Å². The number of aryl methyl sites for hydroxylation is 1. The monoisotopic (exact) mass is 337 g/mol. The van der Waals surface area contributed by atoms with E-state index in [1.807, 2.05) is 37.9 Å². The van der Waals surface area contributed by atoms with E-state index in [-0.39, 0.29) is 0 Å². The van der Waals surface area contributed by atoms with E-state index in [1.165, 1.54) is 0 Å². The van der Waals surface area contributed by atoms with Crippen molar-refractivity contribution >= 4 is 46.4 Å². The molecule has 2 heterocycles. The number of halogens is 4. The SMILES string of the molecule is Cc1c(Cl)c[n+](C)cc1Cl.Cc1c(Cl)cncc1Cl. The first-order valence-electron chi connectivity index (χ1n) is 5.39.